The maximum absolute atomic E-state index is 12.8. The van der Waals surface area contributed by atoms with E-state index in [9.17, 15) is 9.59 Å². The molecule has 0 spiro atoms. The molecule has 0 aliphatic heterocycles. The molecule has 0 saturated carbocycles. The van der Waals surface area contributed by atoms with E-state index in [1.54, 1.807) is 6.07 Å². The molecule has 1 aromatic heterocycles. The Morgan fingerprint density at radius 2 is 1.67 bits per heavy atom. The number of nitrogens with one attached hydrogen (secondary N) is 1. The van der Waals surface area contributed by atoms with Gasteiger partial charge in [-0.25, -0.2) is 9.66 Å². The number of para-hydroxylation sites is 1. The van der Waals surface area contributed by atoms with E-state index < -0.39 is 0 Å². The van der Waals surface area contributed by atoms with Crippen LogP contribution in [0.3, 0.4) is 0 Å². The number of benzene rings is 1. The Labute approximate surface area is 162 Å². The minimum Gasteiger partial charge on any atom is -0.273 e. The molecule has 0 aliphatic carbocycles. The molecule has 1 heterocycles. The van der Waals surface area contributed by atoms with E-state index in [2.05, 4.69) is 17.3 Å². The number of amides is 1. The van der Waals surface area contributed by atoms with Gasteiger partial charge in [-0.2, -0.15) is 0 Å². The summed E-state index contributed by atoms with van der Waals surface area (Å²) >= 11 is 0. The van der Waals surface area contributed by atoms with E-state index in [0.29, 0.717) is 23.1 Å². The van der Waals surface area contributed by atoms with Crippen LogP contribution >= 0.6 is 0 Å². The Hall–Kier alpha value is -2.17. The smallest absolute Gasteiger partial charge is 0.273 e. The first-order valence-electron chi connectivity index (χ1n) is 10.4. The highest BCUT2D eigenvalue weighted by atomic mass is 16.2. The number of carbonyl (C=O) groups excluding carboxylic acids is 1. The van der Waals surface area contributed by atoms with E-state index in [1.165, 1.54) is 43.2 Å². The van der Waals surface area contributed by atoms with E-state index in [1.807, 2.05) is 32.0 Å². The molecule has 27 heavy (non-hydrogen) atoms. The lowest BCUT2D eigenvalue weighted by Crippen LogP contribution is -2.36. The third-order valence-corrected chi connectivity index (χ3v) is 4.81. The highest BCUT2D eigenvalue weighted by molar-refractivity contribution is 5.84. The molecule has 0 aliphatic rings. The number of rotatable bonds is 11. The maximum Gasteiger partial charge on any atom is 0.280 e. The van der Waals surface area contributed by atoms with Gasteiger partial charge in [0.2, 0.25) is 5.91 Å². The van der Waals surface area contributed by atoms with Crippen molar-refractivity contribution in [2.75, 3.05) is 5.43 Å². The second-order valence-electron chi connectivity index (χ2n) is 7.54. The Morgan fingerprint density at radius 3 is 2.33 bits per heavy atom. The highest BCUT2D eigenvalue weighted by Gasteiger charge is 2.15. The second-order valence-corrected chi connectivity index (χ2v) is 7.54. The third-order valence-electron chi connectivity index (χ3n) is 4.81. The van der Waals surface area contributed by atoms with Crippen molar-refractivity contribution in [3.63, 3.8) is 0 Å². The standard InChI is InChI=1S/C22H33N3O2/c1-4-5-6-7-8-9-10-11-16-20(26)24-25-21(17(2)3)23-19-15-13-12-14-18(19)22(25)27/h12-15,17H,4-11,16H2,1-3H3,(H,24,26). The third kappa shape index (κ3) is 6.19. The highest BCUT2D eigenvalue weighted by Crippen LogP contribution is 2.14. The Balaban J connectivity index is 1.93. The molecule has 0 saturated heterocycles. The van der Waals surface area contributed by atoms with Crippen molar-refractivity contribution in [1.29, 1.82) is 0 Å². The van der Waals surface area contributed by atoms with Crippen molar-refractivity contribution in [2.45, 2.75) is 84.5 Å². The summed E-state index contributed by atoms with van der Waals surface area (Å²) in [6.45, 7) is 6.16. The molecule has 0 fully saturated rings. The van der Waals surface area contributed by atoms with Crippen LogP contribution in [0.2, 0.25) is 0 Å². The van der Waals surface area contributed by atoms with Crippen molar-refractivity contribution in [1.82, 2.24) is 9.66 Å². The van der Waals surface area contributed by atoms with Gasteiger partial charge in [-0.05, 0) is 18.6 Å². The van der Waals surface area contributed by atoms with Crippen molar-refractivity contribution in [3.05, 3.63) is 40.4 Å². The number of fused-ring (bicyclic) bond motifs is 1. The number of unbranched alkanes of at least 4 members (excludes halogenated alkanes) is 7. The predicted molar refractivity (Wildman–Crippen MR) is 112 cm³/mol. The monoisotopic (exact) mass is 371 g/mol. The maximum atomic E-state index is 12.8. The summed E-state index contributed by atoms with van der Waals surface area (Å²) in [4.78, 5) is 29.7. The lowest BCUT2D eigenvalue weighted by Gasteiger charge is -2.16. The number of carbonyl (C=O) groups is 1. The normalized spacial score (nSPS) is 11.3. The topological polar surface area (TPSA) is 64.0 Å². The largest absolute Gasteiger partial charge is 0.280 e. The Kier molecular flexibility index (Phi) is 8.49. The van der Waals surface area contributed by atoms with Crippen LogP contribution in [0.4, 0.5) is 0 Å². The van der Waals surface area contributed by atoms with Crippen LogP contribution in [-0.4, -0.2) is 15.6 Å². The van der Waals surface area contributed by atoms with Crippen LogP contribution in [0.25, 0.3) is 10.9 Å². The fourth-order valence-corrected chi connectivity index (χ4v) is 3.25. The van der Waals surface area contributed by atoms with Crippen molar-refractivity contribution in [3.8, 4) is 0 Å². The molecule has 0 bridgehead atoms. The minimum absolute atomic E-state index is 0.0331. The Morgan fingerprint density at radius 1 is 1.04 bits per heavy atom. The van der Waals surface area contributed by atoms with Gasteiger partial charge in [0.15, 0.2) is 0 Å². The minimum atomic E-state index is -0.214. The Bertz CT molecular complexity index is 796. The average molecular weight is 372 g/mol. The number of hydrogen-bond acceptors (Lipinski definition) is 3. The molecule has 1 amide bonds. The summed E-state index contributed by atoms with van der Waals surface area (Å²) in [6.07, 6.45) is 9.94. The fraction of sp³-hybridized carbons (Fsp3) is 0.591. The van der Waals surface area contributed by atoms with Crippen molar-refractivity contribution in [2.24, 2.45) is 0 Å². The van der Waals surface area contributed by atoms with Gasteiger partial charge in [-0.3, -0.25) is 15.0 Å². The van der Waals surface area contributed by atoms with E-state index in [0.717, 1.165) is 12.8 Å². The molecule has 2 rings (SSSR count). The van der Waals surface area contributed by atoms with Gasteiger partial charge < -0.3 is 0 Å². The summed E-state index contributed by atoms with van der Waals surface area (Å²) in [5.41, 5.74) is 3.23. The number of nitrogens with zero attached hydrogens (tertiary/aromatic N) is 2. The molecule has 1 aromatic carbocycles. The quantitative estimate of drug-likeness (QED) is 0.558. The molecule has 5 heteroatoms. The van der Waals surface area contributed by atoms with Crippen molar-refractivity contribution >= 4 is 16.8 Å². The molecule has 0 atom stereocenters. The summed E-state index contributed by atoms with van der Waals surface area (Å²) in [5, 5.41) is 0.522. The molecule has 5 nitrogen and oxygen atoms in total. The van der Waals surface area contributed by atoms with E-state index in [4.69, 9.17) is 0 Å². The zero-order valence-corrected chi connectivity index (χ0v) is 17.0. The molecule has 0 radical (unpaired) electrons. The number of hydrogen-bond donors (Lipinski definition) is 1. The van der Waals surface area contributed by atoms with Gasteiger partial charge in [0.25, 0.3) is 5.56 Å². The fourth-order valence-electron chi connectivity index (χ4n) is 3.25. The van der Waals surface area contributed by atoms with Crippen LogP contribution < -0.4 is 11.0 Å². The van der Waals surface area contributed by atoms with Gasteiger partial charge in [0.1, 0.15) is 5.82 Å². The number of aromatic nitrogens is 2. The SMILES string of the molecule is CCCCCCCCCCC(=O)Nn1c(C(C)C)nc2ccccc2c1=O. The van der Waals surface area contributed by atoms with Gasteiger partial charge in [0, 0.05) is 12.3 Å². The van der Waals surface area contributed by atoms with Crippen LogP contribution in [0.1, 0.15) is 90.3 Å². The van der Waals surface area contributed by atoms with Crippen LogP contribution in [0, 0.1) is 0 Å². The van der Waals surface area contributed by atoms with Gasteiger partial charge in [-0.1, -0.05) is 77.8 Å². The molecule has 1 N–H and O–H groups in total. The van der Waals surface area contributed by atoms with Gasteiger partial charge in [-0.15, -0.1) is 0 Å². The molecular formula is C22H33N3O2. The second kappa shape index (κ2) is 10.9. The molecule has 0 unspecified atom stereocenters. The van der Waals surface area contributed by atoms with E-state index >= 15 is 0 Å². The van der Waals surface area contributed by atoms with Crippen LogP contribution in [-0.2, 0) is 4.79 Å². The zero-order chi connectivity index (χ0) is 19.6. The lowest BCUT2D eigenvalue weighted by atomic mass is 10.1. The first kappa shape index (κ1) is 21.1. The summed E-state index contributed by atoms with van der Waals surface area (Å²) in [7, 11) is 0. The summed E-state index contributed by atoms with van der Waals surface area (Å²) in [6, 6.07) is 7.25. The van der Waals surface area contributed by atoms with Gasteiger partial charge >= 0.3 is 0 Å². The first-order valence-corrected chi connectivity index (χ1v) is 10.4. The van der Waals surface area contributed by atoms with E-state index in [-0.39, 0.29) is 17.4 Å². The first-order chi connectivity index (χ1) is 13.0. The molecule has 148 valence electrons. The van der Waals surface area contributed by atoms with Crippen LogP contribution in [0.5, 0.6) is 0 Å². The average Bonchev–Trinajstić information content (AvgIpc) is 2.66. The lowest BCUT2D eigenvalue weighted by molar-refractivity contribution is -0.117. The van der Waals surface area contributed by atoms with Gasteiger partial charge in [0.05, 0.1) is 10.9 Å². The molecular weight excluding hydrogens is 338 g/mol. The summed E-state index contributed by atoms with van der Waals surface area (Å²) < 4.78 is 1.33. The van der Waals surface area contributed by atoms with Crippen LogP contribution in [0.15, 0.2) is 29.1 Å². The molecule has 2 aromatic rings. The predicted octanol–water partition coefficient (Wildman–Crippen LogP) is 5.12. The van der Waals surface area contributed by atoms with Crippen molar-refractivity contribution < 1.29 is 4.79 Å². The summed E-state index contributed by atoms with van der Waals surface area (Å²) in [5.74, 6) is 0.496. The zero-order valence-electron chi connectivity index (χ0n) is 17.0.